The first-order valence-corrected chi connectivity index (χ1v) is 18.0. The predicted molar refractivity (Wildman–Crippen MR) is 224 cm³/mol. The molecule has 0 N–H and O–H groups in total. The van der Waals surface area contributed by atoms with Crippen molar-refractivity contribution in [3.63, 3.8) is 0 Å². The molecule has 9 aromatic rings. The van der Waals surface area contributed by atoms with Gasteiger partial charge in [0.25, 0.3) is 0 Å². The summed E-state index contributed by atoms with van der Waals surface area (Å²) in [6, 6.07) is 29.0. The molecule has 2 aliphatic carbocycles. The molecule has 0 aromatic heterocycles. The lowest BCUT2D eigenvalue weighted by Crippen LogP contribution is -2.34. The van der Waals surface area contributed by atoms with E-state index in [9.17, 15) is 12.3 Å². The highest BCUT2D eigenvalue weighted by Crippen LogP contribution is 2.62. The molecule has 55 heavy (non-hydrogen) atoms. The summed E-state index contributed by atoms with van der Waals surface area (Å²) in [5, 5.41) is 1.57. The molecule has 256 valence electrons. The average Bonchev–Trinajstić information content (AvgIpc) is 3.70. The van der Waals surface area contributed by atoms with E-state index in [1.807, 2.05) is 60.7 Å². The number of hydrogen-bond donors (Lipinski definition) is 0. The van der Waals surface area contributed by atoms with Crippen LogP contribution >= 0.6 is 0 Å². The Morgan fingerprint density at radius 1 is 0.364 bits per heavy atom. The van der Waals surface area contributed by atoms with Crippen LogP contribution in [-0.4, -0.2) is 0 Å². The summed E-state index contributed by atoms with van der Waals surface area (Å²) in [4.78, 5) is 0. The third-order valence-electron chi connectivity index (χ3n) is 11.5. The van der Waals surface area contributed by atoms with Crippen LogP contribution in [0.4, 0.5) is 0 Å². The molecular weight excluding hydrogens is 665 g/mol. The van der Waals surface area contributed by atoms with Gasteiger partial charge in [0.15, 0.2) is 0 Å². The zero-order valence-corrected chi connectivity index (χ0v) is 29.0. The first-order valence-electron chi connectivity index (χ1n) is 25.0. The summed E-state index contributed by atoms with van der Waals surface area (Å²) in [7, 11) is 0. The number of benzene rings is 9. The summed E-state index contributed by atoms with van der Waals surface area (Å²) in [5.74, 6) is -0.624. The lowest BCUT2D eigenvalue weighted by atomic mass is 9.61. The number of fused-ring (bicyclic) bond motifs is 11. The SMILES string of the molecule is [2H]c1c([2H])c([2H])c2c(c1[2H])Oc1c([2H])c([2H])c(-c3c([2H])c([2H])c4c(c3[2H])C3(c5ccccc5-c5cccc6cccc3c56)c3c([2H])c([2H])c([2H])c([2H])c3-4)c([2H])c1C2(c1ccccc1)c1ccccc1. The monoisotopic (exact) mass is 712 g/mol. The van der Waals surface area contributed by atoms with E-state index >= 15 is 0 Å². The Labute approximate surface area is 340 Å². The van der Waals surface area contributed by atoms with Gasteiger partial charge in [-0.2, -0.15) is 0 Å². The molecule has 1 aliphatic heterocycles. The maximum absolute atomic E-state index is 10.6. The minimum atomic E-state index is -1.84. The van der Waals surface area contributed by atoms with Crippen molar-refractivity contribution in [1.82, 2.24) is 0 Å². The second-order valence-electron chi connectivity index (χ2n) is 14.0. The van der Waals surface area contributed by atoms with E-state index in [0.29, 0.717) is 22.3 Å². The topological polar surface area (TPSA) is 9.23 Å². The predicted octanol–water partition coefficient (Wildman–Crippen LogP) is 13.3. The fourth-order valence-electron chi connectivity index (χ4n) is 9.36. The highest BCUT2D eigenvalue weighted by molar-refractivity contribution is 6.07. The highest BCUT2D eigenvalue weighted by Gasteiger charge is 2.50. The molecule has 1 nitrogen and oxygen atoms in total. The van der Waals surface area contributed by atoms with E-state index in [2.05, 4.69) is 0 Å². The minimum Gasteiger partial charge on any atom is -0.457 e. The Kier molecular flexibility index (Phi) is 4.08. The summed E-state index contributed by atoms with van der Waals surface area (Å²) in [6.45, 7) is 0. The normalized spacial score (nSPS) is 19.9. The molecule has 1 atom stereocenters. The van der Waals surface area contributed by atoms with E-state index in [-0.39, 0.29) is 62.0 Å². The molecule has 1 heterocycles. The van der Waals surface area contributed by atoms with Crippen LogP contribution in [0.2, 0.25) is 0 Å². The van der Waals surface area contributed by atoms with Gasteiger partial charge in [0.1, 0.15) is 11.5 Å². The van der Waals surface area contributed by atoms with Gasteiger partial charge in [-0.3, -0.25) is 0 Å². The zero-order chi connectivity index (χ0) is 48.3. The van der Waals surface area contributed by atoms with Gasteiger partial charge in [0.2, 0.25) is 0 Å². The first kappa shape index (κ1) is 19.9. The van der Waals surface area contributed by atoms with Gasteiger partial charge >= 0.3 is 0 Å². The van der Waals surface area contributed by atoms with E-state index in [4.69, 9.17) is 11.6 Å². The Bertz CT molecular complexity index is 3770. The molecule has 0 bridgehead atoms. The summed E-state index contributed by atoms with van der Waals surface area (Å²) in [5.41, 5.74) is -0.800. The number of para-hydroxylation sites is 1. The molecule has 0 saturated carbocycles. The largest absolute Gasteiger partial charge is 0.457 e. The molecule has 1 spiro atoms. The van der Waals surface area contributed by atoms with Crippen molar-refractivity contribution < 1.29 is 23.9 Å². The maximum Gasteiger partial charge on any atom is 0.132 e. The molecular formula is C54H34O. The molecule has 0 saturated heterocycles. The van der Waals surface area contributed by atoms with E-state index < -0.39 is 89.4 Å². The first-order chi connectivity index (χ1) is 33.1. The van der Waals surface area contributed by atoms with Gasteiger partial charge < -0.3 is 4.74 Å². The van der Waals surface area contributed by atoms with Crippen LogP contribution in [-0.2, 0) is 10.8 Å². The van der Waals surface area contributed by atoms with Crippen molar-refractivity contribution in [3.8, 4) is 44.9 Å². The van der Waals surface area contributed by atoms with E-state index in [0.717, 1.165) is 21.9 Å². The number of rotatable bonds is 3. The van der Waals surface area contributed by atoms with Crippen LogP contribution in [0.25, 0.3) is 44.2 Å². The number of ether oxygens (including phenoxy) is 1. The Hall–Kier alpha value is -6.96. The molecule has 1 unspecified atom stereocenters. The van der Waals surface area contributed by atoms with Gasteiger partial charge in [-0.15, -0.1) is 0 Å². The van der Waals surface area contributed by atoms with Crippen LogP contribution < -0.4 is 4.74 Å². The summed E-state index contributed by atoms with van der Waals surface area (Å²) in [6.07, 6.45) is 0. The van der Waals surface area contributed by atoms with Crippen LogP contribution in [0.1, 0.15) is 63.7 Å². The minimum absolute atomic E-state index is 0.0316. The Balaban J connectivity index is 1.29. The lowest BCUT2D eigenvalue weighted by molar-refractivity contribution is 0.434. The van der Waals surface area contributed by atoms with Crippen molar-refractivity contribution in [1.29, 1.82) is 0 Å². The van der Waals surface area contributed by atoms with E-state index in [1.165, 1.54) is 0 Å². The van der Waals surface area contributed by atoms with Crippen molar-refractivity contribution in [2.45, 2.75) is 10.8 Å². The molecule has 12 rings (SSSR count). The maximum atomic E-state index is 10.6. The molecule has 1 heteroatoms. The third kappa shape index (κ3) is 3.92. The van der Waals surface area contributed by atoms with Crippen LogP contribution in [0.15, 0.2) is 206 Å². The van der Waals surface area contributed by atoms with Gasteiger partial charge in [0.05, 0.1) is 30.0 Å². The fraction of sp³-hybridized carbons (Fsp3) is 0.0370. The highest BCUT2D eigenvalue weighted by atomic mass is 16.5. The molecule has 9 aromatic carbocycles. The Morgan fingerprint density at radius 2 is 0.945 bits per heavy atom. The smallest absolute Gasteiger partial charge is 0.132 e. The molecule has 0 amide bonds. The van der Waals surface area contributed by atoms with Crippen molar-refractivity contribution >= 4 is 10.8 Å². The zero-order valence-electron chi connectivity index (χ0n) is 43.0. The van der Waals surface area contributed by atoms with Crippen LogP contribution in [0, 0.1) is 0 Å². The van der Waals surface area contributed by atoms with Crippen molar-refractivity contribution in [3.05, 3.63) is 250 Å². The van der Waals surface area contributed by atoms with Gasteiger partial charge in [-0.25, -0.2) is 0 Å². The van der Waals surface area contributed by atoms with Gasteiger partial charge in [-0.05, 0) is 102 Å². The molecule has 0 fully saturated rings. The van der Waals surface area contributed by atoms with Crippen molar-refractivity contribution in [2.75, 3.05) is 0 Å². The number of hydrogen-bond acceptors (Lipinski definition) is 1. The van der Waals surface area contributed by atoms with Gasteiger partial charge in [-0.1, -0.05) is 182 Å². The third-order valence-corrected chi connectivity index (χ3v) is 11.5. The lowest BCUT2D eigenvalue weighted by Gasteiger charge is -2.41. The summed E-state index contributed by atoms with van der Waals surface area (Å²) < 4.78 is 140. The van der Waals surface area contributed by atoms with Crippen LogP contribution in [0.3, 0.4) is 0 Å². The van der Waals surface area contributed by atoms with E-state index in [1.54, 1.807) is 60.7 Å². The van der Waals surface area contributed by atoms with Crippen LogP contribution in [0.5, 0.6) is 11.5 Å². The summed E-state index contributed by atoms with van der Waals surface area (Å²) >= 11 is 0. The van der Waals surface area contributed by atoms with Crippen molar-refractivity contribution in [2.24, 2.45) is 0 Å². The second-order valence-corrected chi connectivity index (χ2v) is 14.0. The average molecular weight is 713 g/mol. The quantitative estimate of drug-likeness (QED) is 0.177. The fourth-order valence-corrected chi connectivity index (χ4v) is 9.36. The molecule has 0 radical (unpaired) electrons. The van der Waals surface area contributed by atoms with Gasteiger partial charge in [0, 0.05) is 11.1 Å². The molecule has 3 aliphatic rings. The second kappa shape index (κ2) is 11.3. The standard InChI is InChI=1S/C54H34O/c1-3-17-38(18-4-1)53(39-19-5-2-6-20-39)46-26-11-12-28-50(46)55-51-32-30-37(34-49(51)53)36-29-31-42-40-21-7-9-24-44(40)54(48(42)33-36)45-25-10-8-22-41(45)43-23-13-15-35-16-14-27-47(54)52(35)43/h1-34H/i7D,9D,11D,12D,21D,24D,26D,28D,29D,30D,31D,32D,33D,34D. The Morgan fingerprint density at radius 3 is 1.75 bits per heavy atom.